The lowest BCUT2D eigenvalue weighted by atomic mass is 10.1. The third-order valence-electron chi connectivity index (χ3n) is 8.17. The Morgan fingerprint density at radius 1 is 0.640 bits per heavy atom. The number of allylic oxidation sites excluding steroid dienone is 6. The Labute approximate surface area is 306 Å². The van der Waals surface area contributed by atoms with Crippen LogP contribution in [-0.4, -0.2) is 70.0 Å². The first kappa shape index (κ1) is 48.2. The molecule has 0 aromatic heterocycles. The first-order valence-corrected chi connectivity index (χ1v) is 21.2. The first-order valence-electron chi connectivity index (χ1n) is 19.7. The Kier molecular flexibility index (Phi) is 31.9. The number of hydrogen-bond donors (Lipinski definition) is 0. The second kappa shape index (κ2) is 33.1. The minimum Gasteiger partial charge on any atom is -0.756 e. The van der Waals surface area contributed by atoms with E-state index in [4.69, 9.17) is 18.5 Å². The van der Waals surface area contributed by atoms with Crippen LogP contribution in [0.1, 0.15) is 155 Å². The summed E-state index contributed by atoms with van der Waals surface area (Å²) in [5.74, 6) is -0.850. The lowest BCUT2D eigenvalue weighted by Crippen LogP contribution is -2.37. The van der Waals surface area contributed by atoms with Crippen LogP contribution in [0.15, 0.2) is 36.5 Å². The molecule has 0 aliphatic carbocycles. The van der Waals surface area contributed by atoms with Gasteiger partial charge in [-0.05, 0) is 44.9 Å². The third-order valence-corrected chi connectivity index (χ3v) is 9.14. The second-order valence-corrected chi connectivity index (χ2v) is 15.7. The Hall–Kier alpha value is -1.77. The van der Waals surface area contributed by atoms with Gasteiger partial charge in [0.15, 0.2) is 6.10 Å². The van der Waals surface area contributed by atoms with E-state index in [1.54, 1.807) is 0 Å². The average molecular weight is 728 g/mol. The quantitative estimate of drug-likeness (QED) is 0.0209. The maximum absolute atomic E-state index is 12.6. The van der Waals surface area contributed by atoms with Crippen molar-refractivity contribution in [2.75, 3.05) is 47.5 Å². The van der Waals surface area contributed by atoms with Gasteiger partial charge in [-0.15, -0.1) is 0 Å². The summed E-state index contributed by atoms with van der Waals surface area (Å²) in [6, 6.07) is 0. The molecule has 0 aliphatic heterocycles. The number of phosphoric ester groups is 1. The molecule has 2 unspecified atom stereocenters. The molecule has 0 aromatic rings. The standard InChI is InChI=1S/C40H74NO8P/c1-6-8-10-12-14-16-17-18-19-20-21-22-23-25-27-29-31-33-40(43)49-38(37-48-50(44,45)47-35-34-41(3,4)5)36-46-39(42)32-30-28-26-24-15-13-11-9-7-2/h8,10,14,16,18-19,38H,6-7,9,11-13,15,17,20-37H2,1-5H3/b10-8-,16-14-,19-18-. The lowest BCUT2D eigenvalue weighted by molar-refractivity contribution is -0.870. The van der Waals surface area contributed by atoms with Crippen LogP contribution in [0.25, 0.3) is 0 Å². The van der Waals surface area contributed by atoms with Crippen molar-refractivity contribution in [3.05, 3.63) is 36.5 Å². The Balaban J connectivity index is 4.40. The fraction of sp³-hybridized carbons (Fsp3) is 0.800. The van der Waals surface area contributed by atoms with Gasteiger partial charge in [0.25, 0.3) is 7.82 Å². The molecule has 292 valence electrons. The zero-order chi connectivity index (χ0) is 37.2. The fourth-order valence-corrected chi connectivity index (χ4v) is 5.81. The van der Waals surface area contributed by atoms with Gasteiger partial charge in [-0.1, -0.05) is 134 Å². The lowest BCUT2D eigenvalue weighted by Gasteiger charge is -2.28. The number of hydrogen-bond acceptors (Lipinski definition) is 8. The van der Waals surface area contributed by atoms with E-state index in [0.29, 0.717) is 17.4 Å². The van der Waals surface area contributed by atoms with Crippen molar-refractivity contribution >= 4 is 19.8 Å². The minimum atomic E-state index is -4.62. The molecule has 10 heteroatoms. The van der Waals surface area contributed by atoms with E-state index in [1.165, 1.54) is 57.8 Å². The van der Waals surface area contributed by atoms with Crippen LogP contribution in [0.2, 0.25) is 0 Å². The number of carbonyl (C=O) groups excluding carboxylic acids is 2. The van der Waals surface area contributed by atoms with Gasteiger partial charge in [0.05, 0.1) is 27.7 Å². The number of esters is 2. The number of likely N-dealkylation sites (N-methyl/N-ethyl adjacent to an activating group) is 1. The Morgan fingerprint density at radius 3 is 1.70 bits per heavy atom. The molecule has 2 atom stereocenters. The largest absolute Gasteiger partial charge is 0.756 e. The van der Waals surface area contributed by atoms with Crippen LogP contribution >= 0.6 is 7.82 Å². The molecule has 0 radical (unpaired) electrons. The van der Waals surface area contributed by atoms with Gasteiger partial charge in [0, 0.05) is 12.8 Å². The number of phosphoric acid groups is 1. The molecule has 0 heterocycles. The molecule has 50 heavy (non-hydrogen) atoms. The molecule has 0 rings (SSSR count). The van der Waals surface area contributed by atoms with E-state index in [0.717, 1.165) is 64.2 Å². The number of nitrogens with zero attached hydrogens (tertiary/aromatic N) is 1. The van der Waals surface area contributed by atoms with Crippen LogP contribution in [-0.2, 0) is 32.7 Å². The molecule has 0 saturated carbocycles. The monoisotopic (exact) mass is 728 g/mol. The van der Waals surface area contributed by atoms with Crippen molar-refractivity contribution in [2.45, 2.75) is 161 Å². The van der Waals surface area contributed by atoms with Gasteiger partial charge in [-0.2, -0.15) is 0 Å². The fourth-order valence-electron chi connectivity index (χ4n) is 5.08. The van der Waals surface area contributed by atoms with Crippen LogP contribution in [0.3, 0.4) is 0 Å². The van der Waals surface area contributed by atoms with E-state index in [2.05, 4.69) is 50.3 Å². The minimum absolute atomic E-state index is 0.0328. The molecule has 0 fully saturated rings. The molecule has 0 aromatic carbocycles. The van der Waals surface area contributed by atoms with Crippen LogP contribution < -0.4 is 4.89 Å². The summed E-state index contributed by atoms with van der Waals surface area (Å²) >= 11 is 0. The Morgan fingerprint density at radius 2 is 1.14 bits per heavy atom. The highest BCUT2D eigenvalue weighted by Crippen LogP contribution is 2.38. The van der Waals surface area contributed by atoms with E-state index in [-0.39, 0.29) is 26.1 Å². The van der Waals surface area contributed by atoms with Gasteiger partial charge in [0.1, 0.15) is 19.8 Å². The van der Waals surface area contributed by atoms with E-state index in [9.17, 15) is 19.0 Å². The first-order chi connectivity index (χ1) is 24.0. The van der Waals surface area contributed by atoms with Crippen molar-refractivity contribution in [3.8, 4) is 0 Å². The molecule has 0 aliphatic rings. The molecule has 9 nitrogen and oxygen atoms in total. The van der Waals surface area contributed by atoms with Crippen molar-refractivity contribution < 1.29 is 42.1 Å². The smallest absolute Gasteiger partial charge is 0.306 e. The van der Waals surface area contributed by atoms with E-state index >= 15 is 0 Å². The zero-order valence-corrected chi connectivity index (χ0v) is 33.5. The topological polar surface area (TPSA) is 111 Å². The molecule has 0 N–H and O–H groups in total. The average Bonchev–Trinajstić information content (AvgIpc) is 3.06. The SMILES string of the molecule is CC/C=C\C/C=C\C/C=C\CCCCCCCCCC(=O)OC(COC(=O)CCCCCCCCCCC)COP(=O)([O-])OCC[N+](C)(C)C. The summed E-state index contributed by atoms with van der Waals surface area (Å²) in [6.07, 6.45) is 34.6. The van der Waals surface area contributed by atoms with Crippen LogP contribution in [0.5, 0.6) is 0 Å². The van der Waals surface area contributed by atoms with Crippen molar-refractivity contribution in [1.82, 2.24) is 0 Å². The summed E-state index contributed by atoms with van der Waals surface area (Å²) in [7, 11) is 1.15. The van der Waals surface area contributed by atoms with Gasteiger partial charge in [-0.25, -0.2) is 0 Å². The summed E-state index contributed by atoms with van der Waals surface area (Å²) in [5, 5.41) is 0. The Bertz CT molecular complexity index is 959. The maximum Gasteiger partial charge on any atom is 0.306 e. The number of unbranched alkanes of at least 4 members (excludes halogenated alkanes) is 15. The highest BCUT2D eigenvalue weighted by Gasteiger charge is 2.21. The summed E-state index contributed by atoms with van der Waals surface area (Å²) in [4.78, 5) is 37.3. The van der Waals surface area contributed by atoms with Gasteiger partial charge in [-0.3, -0.25) is 14.2 Å². The summed E-state index contributed by atoms with van der Waals surface area (Å²) < 4.78 is 33.7. The number of quaternary nitrogens is 1. The molecule has 0 amide bonds. The van der Waals surface area contributed by atoms with Gasteiger partial charge < -0.3 is 27.9 Å². The summed E-state index contributed by atoms with van der Waals surface area (Å²) in [5.41, 5.74) is 0. The predicted octanol–water partition coefficient (Wildman–Crippen LogP) is 9.94. The van der Waals surface area contributed by atoms with Gasteiger partial charge in [0.2, 0.25) is 0 Å². The third kappa shape index (κ3) is 36.0. The molecule has 0 bridgehead atoms. The van der Waals surface area contributed by atoms with Gasteiger partial charge >= 0.3 is 11.9 Å². The van der Waals surface area contributed by atoms with Crippen LogP contribution in [0.4, 0.5) is 0 Å². The second-order valence-electron chi connectivity index (χ2n) is 14.3. The number of carbonyl (C=O) groups is 2. The number of ether oxygens (including phenoxy) is 2. The van der Waals surface area contributed by atoms with Crippen molar-refractivity contribution in [2.24, 2.45) is 0 Å². The highest BCUT2D eigenvalue weighted by atomic mass is 31.2. The maximum atomic E-state index is 12.6. The summed E-state index contributed by atoms with van der Waals surface area (Å²) in [6.45, 7) is 4.06. The van der Waals surface area contributed by atoms with Crippen molar-refractivity contribution in [3.63, 3.8) is 0 Å². The molecular weight excluding hydrogens is 653 g/mol. The number of rotatable bonds is 35. The van der Waals surface area contributed by atoms with E-state index in [1.807, 2.05) is 21.1 Å². The normalized spacial score (nSPS) is 14.1. The van der Waals surface area contributed by atoms with Crippen LogP contribution in [0, 0.1) is 0 Å². The van der Waals surface area contributed by atoms with E-state index < -0.39 is 32.5 Å². The molecular formula is C40H74NO8P. The predicted molar refractivity (Wildman–Crippen MR) is 204 cm³/mol. The molecule has 0 spiro atoms. The molecule has 0 saturated heterocycles. The zero-order valence-electron chi connectivity index (χ0n) is 32.6. The van der Waals surface area contributed by atoms with Crippen molar-refractivity contribution in [1.29, 1.82) is 0 Å². The highest BCUT2D eigenvalue weighted by molar-refractivity contribution is 7.45.